The van der Waals surface area contributed by atoms with Crippen LogP contribution in [0.2, 0.25) is 0 Å². The lowest BCUT2D eigenvalue weighted by atomic mass is 10.1. The molecule has 10 heteroatoms. The number of aryl methyl sites for hydroxylation is 1. The van der Waals surface area contributed by atoms with Gasteiger partial charge in [-0.25, -0.2) is 9.97 Å². The monoisotopic (exact) mass is 424 g/mol. The Kier molecular flexibility index (Phi) is 4.76. The molecule has 2 N–H and O–H groups in total. The molecular formula is C20H24N8OS. The van der Waals surface area contributed by atoms with Gasteiger partial charge in [0.1, 0.15) is 5.00 Å². The first-order valence-corrected chi connectivity index (χ1v) is 10.7. The summed E-state index contributed by atoms with van der Waals surface area (Å²) in [5.41, 5.74) is 4.54. The minimum absolute atomic E-state index is 0.111. The number of aromatic nitrogens is 6. The molecule has 0 aromatic carbocycles. The molecule has 0 amide bonds. The van der Waals surface area contributed by atoms with E-state index >= 15 is 0 Å². The van der Waals surface area contributed by atoms with Crippen LogP contribution in [0.4, 0.5) is 10.8 Å². The second kappa shape index (κ2) is 7.46. The number of H-pyrrole nitrogens is 1. The first kappa shape index (κ1) is 19.2. The Morgan fingerprint density at radius 1 is 1.33 bits per heavy atom. The number of hydrogen-bond donors (Lipinski definition) is 2. The summed E-state index contributed by atoms with van der Waals surface area (Å²) in [5.74, 6) is 0.715. The lowest BCUT2D eigenvalue weighted by Crippen LogP contribution is -2.47. The largest absolute Gasteiger partial charge is 0.373 e. The van der Waals surface area contributed by atoms with E-state index in [1.165, 1.54) is 11.5 Å². The molecule has 9 nitrogen and oxygen atoms in total. The molecule has 0 unspecified atom stereocenters. The summed E-state index contributed by atoms with van der Waals surface area (Å²) >= 11 is 1.44. The van der Waals surface area contributed by atoms with E-state index in [1.807, 2.05) is 29.9 Å². The molecule has 30 heavy (non-hydrogen) atoms. The van der Waals surface area contributed by atoms with Crippen LogP contribution in [-0.4, -0.2) is 59.1 Å². The van der Waals surface area contributed by atoms with Gasteiger partial charge in [0.2, 0.25) is 0 Å². The molecule has 0 aliphatic carbocycles. The van der Waals surface area contributed by atoms with E-state index in [4.69, 9.17) is 4.74 Å². The summed E-state index contributed by atoms with van der Waals surface area (Å²) in [6.07, 6.45) is 7.46. The summed E-state index contributed by atoms with van der Waals surface area (Å²) < 4.78 is 12.5. The molecule has 0 atom stereocenters. The van der Waals surface area contributed by atoms with Crippen LogP contribution in [0.15, 0.2) is 30.9 Å². The minimum atomic E-state index is -0.111. The van der Waals surface area contributed by atoms with Gasteiger partial charge in [-0.1, -0.05) is 0 Å². The van der Waals surface area contributed by atoms with E-state index in [-0.39, 0.29) is 5.60 Å². The number of anilines is 2. The van der Waals surface area contributed by atoms with Gasteiger partial charge in [-0.05, 0) is 38.4 Å². The van der Waals surface area contributed by atoms with Crippen molar-refractivity contribution in [2.45, 2.75) is 32.9 Å². The first-order chi connectivity index (χ1) is 14.5. The summed E-state index contributed by atoms with van der Waals surface area (Å²) in [6, 6.07) is 2.09. The molecular weight excluding hydrogens is 400 g/mol. The van der Waals surface area contributed by atoms with E-state index < -0.39 is 0 Å². The molecule has 0 saturated carbocycles. The van der Waals surface area contributed by atoms with Crippen molar-refractivity contribution in [3.05, 3.63) is 42.2 Å². The Bertz CT molecular complexity index is 1160. The van der Waals surface area contributed by atoms with Gasteiger partial charge in [-0.15, -0.1) is 0 Å². The second-order valence-corrected chi connectivity index (χ2v) is 8.99. The number of fused-ring (bicyclic) bond motifs is 1. The number of rotatable bonds is 5. The van der Waals surface area contributed by atoms with Crippen molar-refractivity contribution in [3.8, 4) is 11.3 Å². The van der Waals surface area contributed by atoms with Crippen molar-refractivity contribution in [1.82, 2.24) is 33.8 Å². The minimum Gasteiger partial charge on any atom is -0.373 e. The van der Waals surface area contributed by atoms with E-state index in [9.17, 15) is 0 Å². The third kappa shape index (κ3) is 3.81. The van der Waals surface area contributed by atoms with Crippen LogP contribution in [0.1, 0.15) is 25.2 Å². The van der Waals surface area contributed by atoms with Gasteiger partial charge in [0.15, 0.2) is 11.5 Å². The van der Waals surface area contributed by atoms with Crippen molar-refractivity contribution in [3.63, 3.8) is 0 Å². The van der Waals surface area contributed by atoms with Gasteiger partial charge >= 0.3 is 0 Å². The summed E-state index contributed by atoms with van der Waals surface area (Å²) in [4.78, 5) is 11.6. The maximum absolute atomic E-state index is 5.80. The maximum atomic E-state index is 5.80. The average Bonchev–Trinajstić information content (AvgIpc) is 3.41. The predicted octanol–water partition coefficient (Wildman–Crippen LogP) is 3.24. The van der Waals surface area contributed by atoms with Crippen LogP contribution < -0.4 is 5.32 Å². The molecule has 1 saturated heterocycles. The lowest BCUT2D eigenvalue weighted by molar-refractivity contribution is -0.0884. The molecule has 1 fully saturated rings. The Labute approximate surface area is 178 Å². The molecule has 0 radical (unpaired) electrons. The maximum Gasteiger partial charge on any atom is 0.180 e. The number of hydrogen-bond acceptors (Lipinski definition) is 8. The highest BCUT2D eigenvalue weighted by atomic mass is 32.1. The van der Waals surface area contributed by atoms with Crippen molar-refractivity contribution in [2.24, 2.45) is 0 Å². The van der Waals surface area contributed by atoms with Gasteiger partial charge < -0.3 is 10.1 Å². The number of nitrogens with zero attached hydrogens (tertiary/aromatic N) is 6. The molecule has 4 aromatic heterocycles. The van der Waals surface area contributed by atoms with Crippen LogP contribution in [0.3, 0.4) is 0 Å². The Balaban J connectivity index is 1.38. The Morgan fingerprint density at radius 3 is 3.03 bits per heavy atom. The molecule has 0 spiro atoms. The smallest absolute Gasteiger partial charge is 0.180 e. The number of nitrogens with one attached hydrogen (secondary N) is 2. The number of morpholine rings is 1. The lowest BCUT2D eigenvalue weighted by Gasteiger charge is -2.37. The van der Waals surface area contributed by atoms with Crippen LogP contribution in [-0.2, 0) is 11.3 Å². The van der Waals surface area contributed by atoms with Crippen molar-refractivity contribution in [2.75, 3.05) is 25.0 Å². The molecule has 0 bridgehead atoms. The first-order valence-electron chi connectivity index (χ1n) is 9.90. The molecule has 156 valence electrons. The normalized spacial score (nSPS) is 16.9. The van der Waals surface area contributed by atoms with Crippen LogP contribution in [0.25, 0.3) is 16.9 Å². The van der Waals surface area contributed by atoms with Crippen molar-refractivity contribution >= 4 is 28.0 Å². The fraction of sp³-hybridized carbons (Fsp3) is 0.400. The highest BCUT2D eigenvalue weighted by molar-refractivity contribution is 7.10. The summed E-state index contributed by atoms with van der Waals surface area (Å²) in [5, 5.41) is 11.3. The van der Waals surface area contributed by atoms with Gasteiger partial charge in [0.05, 0.1) is 41.7 Å². The highest BCUT2D eigenvalue weighted by Gasteiger charge is 2.27. The summed E-state index contributed by atoms with van der Waals surface area (Å²) in [6.45, 7) is 9.63. The van der Waals surface area contributed by atoms with Crippen LogP contribution in [0, 0.1) is 6.92 Å². The van der Waals surface area contributed by atoms with Crippen molar-refractivity contribution < 1.29 is 4.74 Å². The Morgan fingerprint density at radius 2 is 2.23 bits per heavy atom. The third-order valence-corrected chi connectivity index (χ3v) is 5.84. The topological polar surface area (TPSA) is 96.3 Å². The highest BCUT2D eigenvalue weighted by Crippen LogP contribution is 2.28. The fourth-order valence-electron chi connectivity index (χ4n) is 3.84. The average molecular weight is 425 g/mol. The van der Waals surface area contributed by atoms with Gasteiger partial charge in [0.25, 0.3) is 0 Å². The summed E-state index contributed by atoms with van der Waals surface area (Å²) in [7, 11) is 0. The SMILES string of the molecule is Cc1cn2c(-c3cn[nH]c3)cnc2c(Nc2cc(CN3CCOC(C)(C)C3)ns2)n1. The van der Waals surface area contributed by atoms with E-state index in [0.717, 1.165) is 59.5 Å². The molecule has 1 aliphatic rings. The quantitative estimate of drug-likeness (QED) is 0.508. The predicted molar refractivity (Wildman–Crippen MR) is 116 cm³/mol. The molecule has 1 aliphatic heterocycles. The molecule has 4 aromatic rings. The van der Waals surface area contributed by atoms with Gasteiger partial charge in [-0.3, -0.25) is 14.4 Å². The fourth-order valence-corrected chi connectivity index (χ4v) is 4.49. The standard InChI is InChI=1S/C20H24N8OS/c1-13-10-28-16(14-7-22-23-8-14)9-21-19(28)18(24-13)25-17-6-15(26-30-17)11-27-4-5-29-20(2,3)12-27/h6-10H,4-5,11-12H2,1-3H3,(H,22,23)(H,24,25). The van der Waals surface area contributed by atoms with Gasteiger partial charge in [-0.2, -0.15) is 9.47 Å². The third-order valence-electron chi connectivity index (χ3n) is 5.10. The zero-order valence-corrected chi connectivity index (χ0v) is 18.0. The number of ether oxygens (including phenoxy) is 1. The van der Waals surface area contributed by atoms with Gasteiger partial charge in [0, 0.05) is 37.6 Å². The van der Waals surface area contributed by atoms with Crippen LogP contribution in [0.5, 0.6) is 0 Å². The molecule has 5 rings (SSSR count). The number of aromatic amines is 1. The van der Waals surface area contributed by atoms with Crippen LogP contribution >= 0.6 is 11.5 Å². The van der Waals surface area contributed by atoms with Crippen molar-refractivity contribution in [1.29, 1.82) is 0 Å². The Hall–Kier alpha value is -2.82. The van der Waals surface area contributed by atoms with E-state index in [2.05, 4.69) is 54.7 Å². The zero-order chi connectivity index (χ0) is 20.7. The molecule has 5 heterocycles. The van der Waals surface area contributed by atoms with E-state index in [0.29, 0.717) is 5.82 Å². The van der Waals surface area contributed by atoms with E-state index in [1.54, 1.807) is 6.20 Å². The number of imidazole rings is 1. The second-order valence-electron chi connectivity index (χ2n) is 8.18. The zero-order valence-electron chi connectivity index (χ0n) is 17.2.